The molecular formula is C12H13NO3. The van der Waals surface area contributed by atoms with Crippen molar-refractivity contribution >= 4 is 11.0 Å². The fraction of sp³-hybridized carbons (Fsp3) is 0.417. The summed E-state index contributed by atoms with van der Waals surface area (Å²) in [6.45, 7) is 0.698. The lowest BCUT2D eigenvalue weighted by molar-refractivity contribution is 0.182. The van der Waals surface area contributed by atoms with Gasteiger partial charge in [-0.3, -0.25) is 4.79 Å². The van der Waals surface area contributed by atoms with Gasteiger partial charge in [0.1, 0.15) is 11.1 Å². The summed E-state index contributed by atoms with van der Waals surface area (Å²) in [4.78, 5) is 11.5. The van der Waals surface area contributed by atoms with Crippen LogP contribution < -0.4 is 10.3 Å². The van der Waals surface area contributed by atoms with Gasteiger partial charge in [-0.05, 0) is 30.9 Å². The van der Waals surface area contributed by atoms with E-state index in [0.29, 0.717) is 29.2 Å². The molecule has 1 aromatic carbocycles. The number of hydrogen-bond acceptors (Lipinski definition) is 3. The Morgan fingerprint density at radius 3 is 3.06 bits per heavy atom. The fourth-order valence-electron chi connectivity index (χ4n) is 1.96. The van der Waals surface area contributed by atoms with Gasteiger partial charge in [-0.2, -0.15) is 5.16 Å². The van der Waals surface area contributed by atoms with E-state index in [1.807, 2.05) is 12.1 Å². The highest BCUT2D eigenvalue weighted by Gasteiger charge is 2.19. The van der Waals surface area contributed by atoms with Crippen molar-refractivity contribution in [1.29, 1.82) is 0 Å². The Kier molecular flexibility index (Phi) is 2.20. The molecule has 1 saturated carbocycles. The van der Waals surface area contributed by atoms with Gasteiger partial charge in [0.25, 0.3) is 5.56 Å². The predicted molar refractivity (Wildman–Crippen MR) is 59.7 cm³/mol. The molecule has 1 heterocycles. The minimum atomic E-state index is -0.223. The Bertz CT molecular complexity index is 551. The third-order valence-electron chi connectivity index (χ3n) is 3.17. The first-order valence-corrected chi connectivity index (χ1v) is 5.57. The highest BCUT2D eigenvalue weighted by Crippen LogP contribution is 2.28. The molecule has 0 bridgehead atoms. The monoisotopic (exact) mass is 219 g/mol. The minimum absolute atomic E-state index is 0.223. The largest absolute Gasteiger partial charge is 0.492 e. The SMILES string of the molecule is O=c1[nH]oc2cccc(OCC3CCC3)c12. The van der Waals surface area contributed by atoms with Crippen molar-refractivity contribution in [2.75, 3.05) is 6.61 Å². The van der Waals surface area contributed by atoms with E-state index in [2.05, 4.69) is 5.16 Å². The van der Waals surface area contributed by atoms with Gasteiger partial charge in [-0.15, -0.1) is 0 Å². The molecule has 0 amide bonds. The van der Waals surface area contributed by atoms with Crippen molar-refractivity contribution in [1.82, 2.24) is 5.16 Å². The number of H-pyrrole nitrogens is 1. The molecule has 4 nitrogen and oxygen atoms in total. The van der Waals surface area contributed by atoms with Crippen LogP contribution in [-0.4, -0.2) is 11.8 Å². The van der Waals surface area contributed by atoms with E-state index in [1.54, 1.807) is 6.07 Å². The summed E-state index contributed by atoms with van der Waals surface area (Å²) in [5.74, 6) is 1.28. The Labute approximate surface area is 92.2 Å². The molecule has 1 aliphatic rings. The van der Waals surface area contributed by atoms with Gasteiger partial charge >= 0.3 is 0 Å². The molecule has 0 atom stereocenters. The summed E-state index contributed by atoms with van der Waals surface area (Å²) in [6.07, 6.45) is 3.76. The molecule has 0 spiro atoms. The van der Waals surface area contributed by atoms with Crippen LogP contribution in [0.25, 0.3) is 11.0 Å². The lowest BCUT2D eigenvalue weighted by atomic mass is 9.86. The molecule has 3 rings (SSSR count). The average molecular weight is 219 g/mol. The summed E-state index contributed by atoms with van der Waals surface area (Å²) in [5, 5.41) is 2.84. The molecule has 1 aliphatic carbocycles. The third-order valence-corrected chi connectivity index (χ3v) is 3.17. The van der Waals surface area contributed by atoms with Gasteiger partial charge in [0, 0.05) is 0 Å². The van der Waals surface area contributed by atoms with E-state index in [0.717, 1.165) is 0 Å². The quantitative estimate of drug-likeness (QED) is 0.861. The van der Waals surface area contributed by atoms with Crippen LogP contribution >= 0.6 is 0 Å². The Hall–Kier alpha value is -1.71. The molecule has 1 N–H and O–H groups in total. The second kappa shape index (κ2) is 3.70. The van der Waals surface area contributed by atoms with Crippen molar-refractivity contribution in [2.45, 2.75) is 19.3 Å². The van der Waals surface area contributed by atoms with Crippen molar-refractivity contribution < 1.29 is 9.26 Å². The highest BCUT2D eigenvalue weighted by molar-refractivity contribution is 5.82. The average Bonchev–Trinajstić information content (AvgIpc) is 2.59. The number of aromatic amines is 1. The van der Waals surface area contributed by atoms with Crippen LogP contribution in [0.1, 0.15) is 19.3 Å². The molecule has 0 radical (unpaired) electrons. The molecule has 2 aromatic rings. The second-order valence-corrected chi connectivity index (χ2v) is 4.27. The second-order valence-electron chi connectivity index (χ2n) is 4.27. The third kappa shape index (κ3) is 1.50. The van der Waals surface area contributed by atoms with Crippen LogP contribution in [0.3, 0.4) is 0 Å². The predicted octanol–water partition coefficient (Wildman–Crippen LogP) is 2.30. The number of hydrogen-bond donors (Lipinski definition) is 1. The number of aromatic nitrogens is 1. The minimum Gasteiger partial charge on any atom is -0.492 e. The first kappa shape index (κ1) is 9.51. The first-order chi connectivity index (χ1) is 7.84. The van der Waals surface area contributed by atoms with E-state index in [1.165, 1.54) is 19.3 Å². The van der Waals surface area contributed by atoms with Crippen LogP contribution in [0.5, 0.6) is 5.75 Å². The number of rotatable bonds is 3. The Morgan fingerprint density at radius 1 is 1.44 bits per heavy atom. The van der Waals surface area contributed by atoms with Gasteiger partial charge in [0.2, 0.25) is 0 Å². The number of ether oxygens (including phenoxy) is 1. The van der Waals surface area contributed by atoms with Crippen LogP contribution in [-0.2, 0) is 0 Å². The maximum atomic E-state index is 11.5. The normalized spacial score (nSPS) is 16.2. The molecule has 84 valence electrons. The van der Waals surface area contributed by atoms with E-state index in [9.17, 15) is 4.79 Å². The maximum Gasteiger partial charge on any atom is 0.291 e. The fourth-order valence-corrected chi connectivity index (χ4v) is 1.96. The van der Waals surface area contributed by atoms with Crippen LogP contribution in [0, 0.1) is 5.92 Å². The van der Waals surface area contributed by atoms with Crippen molar-refractivity contribution in [3.8, 4) is 5.75 Å². The van der Waals surface area contributed by atoms with Crippen molar-refractivity contribution in [2.24, 2.45) is 5.92 Å². The summed E-state index contributed by atoms with van der Waals surface area (Å²) in [7, 11) is 0. The first-order valence-electron chi connectivity index (χ1n) is 5.57. The summed E-state index contributed by atoms with van der Waals surface area (Å²) >= 11 is 0. The van der Waals surface area contributed by atoms with Gasteiger partial charge in [0.15, 0.2) is 5.58 Å². The lowest BCUT2D eigenvalue weighted by Gasteiger charge is -2.25. The zero-order valence-electron chi connectivity index (χ0n) is 8.86. The molecular weight excluding hydrogens is 206 g/mol. The molecule has 0 aliphatic heterocycles. The van der Waals surface area contributed by atoms with Crippen molar-refractivity contribution in [3.63, 3.8) is 0 Å². The molecule has 16 heavy (non-hydrogen) atoms. The highest BCUT2D eigenvalue weighted by atomic mass is 16.5. The van der Waals surface area contributed by atoms with Crippen LogP contribution in [0.4, 0.5) is 0 Å². The number of nitrogens with one attached hydrogen (secondary N) is 1. The van der Waals surface area contributed by atoms with Gasteiger partial charge in [0.05, 0.1) is 6.61 Å². The van der Waals surface area contributed by atoms with Gasteiger partial charge in [-0.1, -0.05) is 12.5 Å². The van der Waals surface area contributed by atoms with Crippen LogP contribution in [0.15, 0.2) is 27.5 Å². The van der Waals surface area contributed by atoms with E-state index in [4.69, 9.17) is 9.26 Å². The summed E-state index contributed by atoms with van der Waals surface area (Å²) < 4.78 is 10.7. The zero-order chi connectivity index (χ0) is 11.0. The van der Waals surface area contributed by atoms with Crippen LogP contribution in [0.2, 0.25) is 0 Å². The standard InChI is InChI=1S/C12H13NO3/c14-12-11-9(15-7-8-3-1-4-8)5-2-6-10(11)16-13-12/h2,5-6,8H,1,3-4,7H2,(H,13,14). The summed E-state index contributed by atoms with van der Waals surface area (Å²) in [5.41, 5.74) is 0.329. The number of benzene rings is 1. The Balaban J connectivity index is 1.89. The summed E-state index contributed by atoms with van der Waals surface area (Å²) in [6, 6.07) is 5.39. The van der Waals surface area contributed by atoms with E-state index < -0.39 is 0 Å². The molecule has 1 fully saturated rings. The van der Waals surface area contributed by atoms with Gasteiger partial charge in [-0.25, -0.2) is 0 Å². The topological polar surface area (TPSA) is 55.2 Å². The zero-order valence-corrected chi connectivity index (χ0v) is 8.86. The molecule has 1 aromatic heterocycles. The maximum absolute atomic E-state index is 11.5. The van der Waals surface area contributed by atoms with E-state index >= 15 is 0 Å². The molecule has 4 heteroatoms. The smallest absolute Gasteiger partial charge is 0.291 e. The molecule has 0 unspecified atom stereocenters. The molecule has 0 saturated heterocycles. The van der Waals surface area contributed by atoms with Gasteiger partial charge < -0.3 is 9.26 Å². The lowest BCUT2D eigenvalue weighted by Crippen LogP contribution is -2.19. The Morgan fingerprint density at radius 2 is 2.31 bits per heavy atom. The number of fused-ring (bicyclic) bond motifs is 1. The van der Waals surface area contributed by atoms with E-state index in [-0.39, 0.29) is 5.56 Å². The van der Waals surface area contributed by atoms with Crippen molar-refractivity contribution in [3.05, 3.63) is 28.6 Å².